The summed E-state index contributed by atoms with van der Waals surface area (Å²) >= 11 is 0. The molecule has 140 valence electrons. The Kier molecular flexibility index (Phi) is 7.63. The van der Waals surface area contributed by atoms with E-state index >= 15 is 0 Å². The molecule has 1 aliphatic rings. The molecule has 1 aromatic rings. The molecule has 0 spiro atoms. The number of carbonyl (C=O) groups is 1. The molecule has 2 rings (SSSR count). The lowest BCUT2D eigenvalue weighted by Crippen LogP contribution is -2.35. The zero-order chi connectivity index (χ0) is 18.1. The van der Waals surface area contributed by atoms with Gasteiger partial charge < -0.3 is 19.5 Å². The van der Waals surface area contributed by atoms with Gasteiger partial charge in [-0.25, -0.2) is 13.1 Å². The Labute approximate surface area is 147 Å². The molecular weight excluding hydrogens is 348 g/mol. The van der Waals surface area contributed by atoms with E-state index in [1.165, 1.54) is 31.4 Å². The SMILES string of the molecule is COCCNS(=O)(=O)c1ccc(OCC(=O)NC[C@@H]2CCCO2)cc1. The molecule has 1 atom stereocenters. The molecule has 0 aliphatic carbocycles. The lowest BCUT2D eigenvalue weighted by molar-refractivity contribution is -0.123. The van der Waals surface area contributed by atoms with Crippen molar-refractivity contribution < 1.29 is 27.4 Å². The van der Waals surface area contributed by atoms with Gasteiger partial charge in [0.25, 0.3) is 5.91 Å². The van der Waals surface area contributed by atoms with Crippen molar-refractivity contribution >= 4 is 15.9 Å². The maximum absolute atomic E-state index is 12.0. The van der Waals surface area contributed by atoms with E-state index in [9.17, 15) is 13.2 Å². The lowest BCUT2D eigenvalue weighted by Gasteiger charge is -2.11. The first-order valence-electron chi connectivity index (χ1n) is 8.11. The third-order valence-electron chi connectivity index (χ3n) is 3.65. The van der Waals surface area contributed by atoms with Crippen molar-refractivity contribution in [1.29, 1.82) is 0 Å². The van der Waals surface area contributed by atoms with Crippen LogP contribution in [-0.2, 0) is 24.3 Å². The lowest BCUT2D eigenvalue weighted by atomic mass is 10.2. The van der Waals surface area contributed by atoms with Gasteiger partial charge in [-0.1, -0.05) is 0 Å². The highest BCUT2D eigenvalue weighted by Crippen LogP contribution is 2.16. The third kappa shape index (κ3) is 6.62. The van der Waals surface area contributed by atoms with Crippen molar-refractivity contribution in [3.05, 3.63) is 24.3 Å². The monoisotopic (exact) mass is 372 g/mol. The number of benzene rings is 1. The zero-order valence-electron chi connectivity index (χ0n) is 14.2. The maximum Gasteiger partial charge on any atom is 0.258 e. The van der Waals surface area contributed by atoms with Gasteiger partial charge in [0.1, 0.15) is 5.75 Å². The van der Waals surface area contributed by atoms with E-state index in [-0.39, 0.29) is 30.1 Å². The van der Waals surface area contributed by atoms with Crippen molar-refractivity contribution in [1.82, 2.24) is 10.0 Å². The summed E-state index contributed by atoms with van der Waals surface area (Å²) in [6.07, 6.45) is 2.06. The fourth-order valence-corrected chi connectivity index (χ4v) is 3.32. The number of methoxy groups -OCH3 is 1. The van der Waals surface area contributed by atoms with E-state index in [2.05, 4.69) is 10.0 Å². The van der Waals surface area contributed by atoms with Crippen molar-refractivity contribution in [3.8, 4) is 5.75 Å². The summed E-state index contributed by atoms with van der Waals surface area (Å²) in [5, 5.41) is 2.75. The molecule has 1 heterocycles. The van der Waals surface area contributed by atoms with Gasteiger partial charge >= 0.3 is 0 Å². The molecule has 1 fully saturated rings. The Balaban J connectivity index is 1.76. The molecule has 1 aliphatic heterocycles. The van der Waals surface area contributed by atoms with Crippen molar-refractivity contribution in [2.24, 2.45) is 0 Å². The molecule has 0 radical (unpaired) electrons. The smallest absolute Gasteiger partial charge is 0.258 e. The average Bonchev–Trinajstić information content (AvgIpc) is 3.12. The first-order chi connectivity index (χ1) is 12.0. The first kappa shape index (κ1) is 19.6. The average molecular weight is 372 g/mol. The second kappa shape index (κ2) is 9.71. The number of amides is 1. The van der Waals surface area contributed by atoms with Gasteiger partial charge in [0, 0.05) is 26.8 Å². The van der Waals surface area contributed by atoms with Crippen molar-refractivity contribution in [2.75, 3.05) is 40.0 Å². The summed E-state index contributed by atoms with van der Waals surface area (Å²) in [6, 6.07) is 5.87. The summed E-state index contributed by atoms with van der Waals surface area (Å²) in [6.45, 7) is 1.58. The molecule has 1 aromatic carbocycles. The number of hydrogen-bond donors (Lipinski definition) is 2. The van der Waals surface area contributed by atoms with Crippen molar-refractivity contribution in [2.45, 2.75) is 23.8 Å². The molecule has 9 heteroatoms. The quantitative estimate of drug-likeness (QED) is 0.572. The number of hydrogen-bond acceptors (Lipinski definition) is 6. The zero-order valence-corrected chi connectivity index (χ0v) is 15.0. The standard InChI is InChI=1S/C16H24N2O6S/c1-22-10-8-18-25(20,21)15-6-4-13(5-7-15)24-12-16(19)17-11-14-3-2-9-23-14/h4-7,14,18H,2-3,8-12H2,1H3,(H,17,19)/t14-/m0/s1. The van der Waals surface area contributed by atoms with Gasteiger partial charge in [0.15, 0.2) is 6.61 Å². The predicted octanol–water partition coefficient (Wildman–Crippen LogP) is 0.285. The third-order valence-corrected chi connectivity index (χ3v) is 5.13. The van der Waals surface area contributed by atoms with E-state index in [0.29, 0.717) is 18.9 Å². The number of rotatable bonds is 10. The number of sulfonamides is 1. The molecule has 0 unspecified atom stereocenters. The van der Waals surface area contributed by atoms with Crippen LogP contribution in [0.3, 0.4) is 0 Å². The largest absolute Gasteiger partial charge is 0.484 e. The van der Waals surface area contributed by atoms with E-state index in [1.54, 1.807) is 0 Å². The molecule has 2 N–H and O–H groups in total. The van der Waals surface area contributed by atoms with E-state index < -0.39 is 10.0 Å². The van der Waals surface area contributed by atoms with Gasteiger partial charge in [-0.05, 0) is 37.1 Å². The fraction of sp³-hybridized carbons (Fsp3) is 0.562. The highest BCUT2D eigenvalue weighted by molar-refractivity contribution is 7.89. The Bertz CT molecular complexity index is 641. The van der Waals surface area contributed by atoms with Crippen LogP contribution in [0.5, 0.6) is 5.75 Å². The molecule has 0 bridgehead atoms. The number of nitrogens with one attached hydrogen (secondary N) is 2. The Hall–Kier alpha value is -1.68. The topological polar surface area (TPSA) is 103 Å². The Morgan fingerprint density at radius 2 is 2.08 bits per heavy atom. The van der Waals surface area contributed by atoms with Gasteiger partial charge in [0.05, 0.1) is 17.6 Å². The van der Waals surface area contributed by atoms with Crippen LogP contribution >= 0.6 is 0 Å². The van der Waals surface area contributed by atoms with Crippen LogP contribution in [0.2, 0.25) is 0 Å². The Morgan fingerprint density at radius 3 is 2.72 bits per heavy atom. The van der Waals surface area contributed by atoms with Crippen LogP contribution in [0.1, 0.15) is 12.8 Å². The predicted molar refractivity (Wildman–Crippen MR) is 91.0 cm³/mol. The molecule has 0 aromatic heterocycles. The summed E-state index contributed by atoms with van der Waals surface area (Å²) < 4.78 is 42.0. The van der Waals surface area contributed by atoms with Gasteiger partial charge in [-0.15, -0.1) is 0 Å². The molecule has 0 saturated carbocycles. The van der Waals surface area contributed by atoms with Crippen LogP contribution in [0.15, 0.2) is 29.2 Å². The fourth-order valence-electron chi connectivity index (χ4n) is 2.31. The van der Waals surface area contributed by atoms with E-state index in [1.807, 2.05) is 0 Å². The highest BCUT2D eigenvalue weighted by Gasteiger charge is 2.16. The van der Waals surface area contributed by atoms with Gasteiger partial charge in [-0.3, -0.25) is 4.79 Å². The second-order valence-corrected chi connectivity index (χ2v) is 7.36. The van der Waals surface area contributed by atoms with Crippen LogP contribution < -0.4 is 14.8 Å². The molecular formula is C16H24N2O6S. The van der Waals surface area contributed by atoms with Crippen LogP contribution in [-0.4, -0.2) is 60.4 Å². The summed E-state index contributed by atoms with van der Waals surface area (Å²) in [5.74, 6) is 0.177. The molecule has 8 nitrogen and oxygen atoms in total. The molecule has 25 heavy (non-hydrogen) atoms. The summed E-state index contributed by atoms with van der Waals surface area (Å²) in [5.41, 5.74) is 0. The number of carbonyl (C=O) groups excluding carboxylic acids is 1. The second-order valence-electron chi connectivity index (χ2n) is 5.59. The summed E-state index contributed by atoms with van der Waals surface area (Å²) in [7, 11) is -2.08. The van der Waals surface area contributed by atoms with E-state index in [4.69, 9.17) is 14.2 Å². The van der Waals surface area contributed by atoms with Crippen LogP contribution in [0, 0.1) is 0 Å². The van der Waals surface area contributed by atoms with Crippen LogP contribution in [0.4, 0.5) is 0 Å². The maximum atomic E-state index is 12.0. The van der Waals surface area contributed by atoms with E-state index in [0.717, 1.165) is 19.4 Å². The Morgan fingerprint density at radius 1 is 1.32 bits per heavy atom. The highest BCUT2D eigenvalue weighted by atomic mass is 32.2. The minimum atomic E-state index is -3.58. The molecule has 1 amide bonds. The molecule has 1 saturated heterocycles. The first-order valence-corrected chi connectivity index (χ1v) is 9.59. The van der Waals surface area contributed by atoms with Gasteiger partial charge in [0.2, 0.25) is 10.0 Å². The van der Waals surface area contributed by atoms with Crippen molar-refractivity contribution in [3.63, 3.8) is 0 Å². The van der Waals surface area contributed by atoms with Crippen LogP contribution in [0.25, 0.3) is 0 Å². The normalized spacial score (nSPS) is 17.4. The minimum Gasteiger partial charge on any atom is -0.484 e. The summed E-state index contributed by atoms with van der Waals surface area (Å²) in [4.78, 5) is 11.9. The number of ether oxygens (including phenoxy) is 3. The minimum absolute atomic E-state index is 0.0825. The van der Waals surface area contributed by atoms with Gasteiger partial charge in [-0.2, -0.15) is 0 Å².